The Morgan fingerprint density at radius 2 is 2.31 bits per heavy atom. The molecule has 0 unspecified atom stereocenters. The van der Waals surface area contributed by atoms with E-state index in [2.05, 4.69) is 25.6 Å². The quantitative estimate of drug-likeness (QED) is 0.558. The van der Waals surface area contributed by atoms with Gasteiger partial charge in [0.15, 0.2) is 5.11 Å². The lowest BCUT2D eigenvalue weighted by molar-refractivity contribution is 0.383. The monoisotopic (exact) mass is 197 g/mol. The van der Waals surface area contributed by atoms with Crippen LogP contribution in [0.15, 0.2) is 0 Å². The number of hydrogen-bond acceptors (Lipinski definition) is 3. The predicted molar refractivity (Wildman–Crippen MR) is 52.2 cm³/mol. The Bertz CT molecular complexity index is 320. The van der Waals surface area contributed by atoms with Crippen LogP contribution < -0.4 is 5.32 Å². The van der Waals surface area contributed by atoms with Crippen LogP contribution in [-0.4, -0.2) is 39.0 Å². The molecular weight excluding hydrogens is 186 g/mol. The number of nitrogens with zero attached hydrogens (tertiary/aromatic N) is 3. The van der Waals surface area contributed by atoms with Crippen molar-refractivity contribution in [2.45, 2.75) is 13.0 Å². The molecule has 0 atom stereocenters. The molecule has 2 N–H and O–H groups in total. The second-order valence-corrected chi connectivity index (χ2v) is 3.33. The summed E-state index contributed by atoms with van der Waals surface area (Å²) in [4.78, 5) is 2.08. The molecule has 70 valence electrons. The number of H-pyrrole nitrogens is 1. The summed E-state index contributed by atoms with van der Waals surface area (Å²) in [6.07, 6.45) is 0.910. The van der Waals surface area contributed by atoms with Crippen LogP contribution in [0.4, 0.5) is 0 Å². The normalized spacial score (nSPS) is 15.3. The van der Waals surface area contributed by atoms with Gasteiger partial charge in [-0.15, -0.1) is 0 Å². The van der Waals surface area contributed by atoms with Gasteiger partial charge < -0.3 is 10.2 Å². The highest BCUT2D eigenvalue weighted by Gasteiger charge is 2.20. The molecule has 13 heavy (non-hydrogen) atoms. The summed E-state index contributed by atoms with van der Waals surface area (Å²) >= 11 is 5.13. The third-order valence-electron chi connectivity index (χ3n) is 2.16. The van der Waals surface area contributed by atoms with Crippen LogP contribution in [0, 0.1) is 0 Å². The van der Waals surface area contributed by atoms with Crippen LogP contribution in [0.1, 0.15) is 11.4 Å². The Hall–Kier alpha value is -1.17. The van der Waals surface area contributed by atoms with E-state index in [1.54, 1.807) is 0 Å². The van der Waals surface area contributed by atoms with Crippen molar-refractivity contribution >= 4 is 17.3 Å². The molecule has 2 rings (SSSR count). The van der Waals surface area contributed by atoms with Crippen molar-refractivity contribution in [3.8, 4) is 0 Å². The largest absolute Gasteiger partial charge is 0.366 e. The second-order valence-electron chi connectivity index (χ2n) is 2.94. The maximum absolute atomic E-state index is 5.13. The van der Waals surface area contributed by atoms with Gasteiger partial charge in [0.1, 0.15) is 5.69 Å². The molecule has 0 aliphatic carbocycles. The summed E-state index contributed by atoms with van der Waals surface area (Å²) in [7, 11) is 1.83. The van der Waals surface area contributed by atoms with Gasteiger partial charge in [-0.2, -0.15) is 15.4 Å². The first-order valence-corrected chi connectivity index (χ1v) is 4.57. The summed E-state index contributed by atoms with van der Waals surface area (Å²) in [5, 5.41) is 14.5. The fraction of sp³-hybridized carbons (Fsp3) is 0.571. The van der Waals surface area contributed by atoms with E-state index in [1.807, 2.05) is 7.05 Å². The Labute approximate surface area is 81.5 Å². The number of aromatic nitrogens is 3. The third kappa shape index (κ3) is 1.49. The van der Waals surface area contributed by atoms with E-state index in [4.69, 9.17) is 12.2 Å². The van der Waals surface area contributed by atoms with Crippen molar-refractivity contribution in [3.05, 3.63) is 11.4 Å². The Morgan fingerprint density at radius 3 is 3.08 bits per heavy atom. The molecule has 5 nitrogen and oxygen atoms in total. The smallest absolute Gasteiger partial charge is 0.169 e. The lowest BCUT2D eigenvalue weighted by Crippen LogP contribution is -2.41. The van der Waals surface area contributed by atoms with Crippen LogP contribution in [0.2, 0.25) is 0 Å². The maximum Gasteiger partial charge on any atom is 0.169 e. The van der Waals surface area contributed by atoms with E-state index >= 15 is 0 Å². The molecule has 0 spiro atoms. The van der Waals surface area contributed by atoms with Crippen LogP contribution >= 0.6 is 12.2 Å². The van der Waals surface area contributed by atoms with E-state index in [-0.39, 0.29) is 0 Å². The first-order valence-electron chi connectivity index (χ1n) is 4.16. The molecule has 1 aliphatic heterocycles. The van der Waals surface area contributed by atoms with Gasteiger partial charge in [-0.3, -0.25) is 0 Å². The average molecular weight is 197 g/mol. The van der Waals surface area contributed by atoms with Gasteiger partial charge in [0.25, 0.3) is 0 Å². The van der Waals surface area contributed by atoms with E-state index in [0.29, 0.717) is 0 Å². The summed E-state index contributed by atoms with van der Waals surface area (Å²) in [6.45, 7) is 1.67. The minimum Gasteiger partial charge on any atom is -0.366 e. The molecule has 1 aromatic heterocycles. The molecule has 0 bridgehead atoms. The molecule has 1 aliphatic rings. The zero-order chi connectivity index (χ0) is 9.26. The van der Waals surface area contributed by atoms with Gasteiger partial charge in [0.05, 0.1) is 12.2 Å². The van der Waals surface area contributed by atoms with Crippen molar-refractivity contribution < 1.29 is 0 Å². The van der Waals surface area contributed by atoms with Gasteiger partial charge in [0.2, 0.25) is 0 Å². The number of rotatable bonds is 0. The van der Waals surface area contributed by atoms with Crippen molar-refractivity contribution in [1.82, 2.24) is 25.6 Å². The van der Waals surface area contributed by atoms with Crippen LogP contribution in [-0.2, 0) is 13.0 Å². The molecule has 0 saturated carbocycles. The van der Waals surface area contributed by atoms with Crippen molar-refractivity contribution in [1.29, 1.82) is 0 Å². The van der Waals surface area contributed by atoms with Crippen molar-refractivity contribution in [3.63, 3.8) is 0 Å². The minimum atomic E-state index is 0.755. The molecule has 2 heterocycles. The second kappa shape index (κ2) is 3.29. The molecule has 1 aromatic rings. The van der Waals surface area contributed by atoms with E-state index in [1.165, 1.54) is 0 Å². The van der Waals surface area contributed by atoms with Gasteiger partial charge in [-0.05, 0) is 12.2 Å². The lowest BCUT2D eigenvalue weighted by Gasteiger charge is -2.27. The zero-order valence-electron chi connectivity index (χ0n) is 7.37. The van der Waals surface area contributed by atoms with Gasteiger partial charge >= 0.3 is 0 Å². The first-order chi connectivity index (χ1) is 6.31. The van der Waals surface area contributed by atoms with Crippen LogP contribution in [0.25, 0.3) is 0 Å². The maximum atomic E-state index is 5.13. The lowest BCUT2D eigenvalue weighted by atomic mass is 10.1. The molecule has 0 saturated heterocycles. The molecule has 0 radical (unpaired) electrons. The average Bonchev–Trinajstić information content (AvgIpc) is 2.63. The Morgan fingerprint density at radius 1 is 1.54 bits per heavy atom. The zero-order valence-corrected chi connectivity index (χ0v) is 8.19. The minimum absolute atomic E-state index is 0.755. The Balaban J connectivity index is 2.13. The molecule has 0 amide bonds. The topological polar surface area (TPSA) is 56.8 Å². The van der Waals surface area contributed by atoms with E-state index in [0.717, 1.165) is 36.0 Å². The van der Waals surface area contributed by atoms with Gasteiger partial charge in [-0.1, -0.05) is 0 Å². The highest BCUT2D eigenvalue weighted by Crippen LogP contribution is 2.13. The van der Waals surface area contributed by atoms with Gasteiger partial charge in [0, 0.05) is 20.0 Å². The van der Waals surface area contributed by atoms with E-state index < -0.39 is 0 Å². The SMILES string of the molecule is CNC(=S)N1CCc2n[nH]nc2C1. The summed E-state index contributed by atoms with van der Waals surface area (Å²) < 4.78 is 0. The van der Waals surface area contributed by atoms with E-state index in [9.17, 15) is 0 Å². The number of thiocarbonyl (C=S) groups is 1. The molecular formula is C7H11N5S. The summed E-state index contributed by atoms with van der Waals surface area (Å²) in [5.41, 5.74) is 2.07. The van der Waals surface area contributed by atoms with Gasteiger partial charge in [-0.25, -0.2) is 0 Å². The van der Waals surface area contributed by atoms with Crippen LogP contribution in [0.3, 0.4) is 0 Å². The molecule has 0 aromatic carbocycles. The summed E-state index contributed by atoms with van der Waals surface area (Å²) in [5.74, 6) is 0. The predicted octanol–water partition coefficient (Wildman–Crippen LogP) is -0.333. The molecule has 6 heteroatoms. The number of nitrogens with one attached hydrogen (secondary N) is 2. The van der Waals surface area contributed by atoms with Crippen molar-refractivity contribution in [2.75, 3.05) is 13.6 Å². The fourth-order valence-electron chi connectivity index (χ4n) is 1.43. The summed E-state index contributed by atoms with van der Waals surface area (Å²) in [6, 6.07) is 0. The van der Waals surface area contributed by atoms with Crippen molar-refractivity contribution in [2.24, 2.45) is 0 Å². The number of fused-ring (bicyclic) bond motifs is 1. The Kier molecular flexibility index (Phi) is 2.13. The first kappa shape index (κ1) is 8.43. The standard InChI is InChI=1S/C7H11N5S/c1-8-7(13)12-3-2-5-6(4-12)10-11-9-5/h2-4H2,1H3,(H,8,13)(H,9,10,11). The fourth-order valence-corrected chi connectivity index (χ4v) is 1.59. The number of hydrogen-bond donors (Lipinski definition) is 2. The molecule has 0 fully saturated rings. The highest BCUT2D eigenvalue weighted by molar-refractivity contribution is 7.80. The number of aromatic amines is 1. The highest BCUT2D eigenvalue weighted by atomic mass is 32.1. The third-order valence-corrected chi connectivity index (χ3v) is 2.63. The van der Waals surface area contributed by atoms with Crippen LogP contribution in [0.5, 0.6) is 0 Å².